The number of carbonyl (C=O) groups excluding carboxylic acids is 1. The number of benzene rings is 1. The van der Waals surface area contributed by atoms with Crippen molar-refractivity contribution >= 4 is 34.8 Å². The van der Waals surface area contributed by atoms with E-state index in [0.29, 0.717) is 6.61 Å². The summed E-state index contributed by atoms with van der Waals surface area (Å²) in [4.78, 5) is 20.0. The second kappa shape index (κ2) is 9.04. The summed E-state index contributed by atoms with van der Waals surface area (Å²) in [6.45, 7) is 1.94. The van der Waals surface area contributed by atoms with E-state index in [1.54, 1.807) is 0 Å². The molecule has 6 heteroatoms. The molecule has 0 bridgehead atoms. The molecule has 1 aromatic carbocycles. The summed E-state index contributed by atoms with van der Waals surface area (Å²) >= 11 is 13.0. The Bertz CT molecular complexity index is 527. The van der Waals surface area contributed by atoms with Gasteiger partial charge in [0.2, 0.25) is 5.91 Å². The lowest BCUT2D eigenvalue weighted by molar-refractivity contribution is -0.124. The van der Waals surface area contributed by atoms with Crippen molar-refractivity contribution < 1.29 is 9.63 Å². The Hall–Kier alpha value is -0.810. The number of rotatable bonds is 5. The van der Waals surface area contributed by atoms with Gasteiger partial charge in [-0.25, -0.2) is 0 Å². The molecular formula is C18H26Cl2N2O2. The Kier molecular flexibility index (Phi) is 7.35. The smallest absolute Gasteiger partial charge is 0.247 e. The largest absolute Gasteiger partial charge is 0.305 e. The number of hydrogen-bond acceptors (Lipinski definition) is 3. The predicted molar refractivity (Wildman–Crippen MR) is 99.7 cm³/mol. The van der Waals surface area contributed by atoms with Gasteiger partial charge in [-0.1, -0.05) is 24.6 Å². The van der Waals surface area contributed by atoms with Crippen LogP contribution in [-0.2, 0) is 9.63 Å². The summed E-state index contributed by atoms with van der Waals surface area (Å²) in [5, 5.41) is 1.18. The summed E-state index contributed by atoms with van der Waals surface area (Å²) in [5.74, 6) is 0.0747. The molecule has 0 N–H and O–H groups in total. The zero-order valence-electron chi connectivity index (χ0n) is 14.5. The topological polar surface area (TPSA) is 32.8 Å². The van der Waals surface area contributed by atoms with Crippen molar-refractivity contribution in [1.29, 1.82) is 0 Å². The van der Waals surface area contributed by atoms with Gasteiger partial charge in [-0.3, -0.25) is 9.63 Å². The van der Waals surface area contributed by atoms with Crippen molar-refractivity contribution in [3.05, 3.63) is 30.3 Å². The molecule has 0 aliphatic heterocycles. The van der Waals surface area contributed by atoms with E-state index in [4.69, 9.17) is 28.0 Å². The number of hydroxylamine groups is 1. The first-order valence-electron chi connectivity index (χ1n) is 8.35. The van der Waals surface area contributed by atoms with E-state index < -0.39 is 0 Å². The second-order valence-electron chi connectivity index (χ2n) is 6.55. The maximum absolute atomic E-state index is 12.0. The van der Waals surface area contributed by atoms with Crippen LogP contribution < -0.4 is 5.06 Å². The van der Waals surface area contributed by atoms with Gasteiger partial charge in [0.15, 0.2) is 0 Å². The van der Waals surface area contributed by atoms with Crippen LogP contribution in [0.15, 0.2) is 30.3 Å². The summed E-state index contributed by atoms with van der Waals surface area (Å²) in [7, 11) is 4.03. The van der Waals surface area contributed by atoms with E-state index in [2.05, 4.69) is 4.90 Å². The average molecular weight is 373 g/mol. The van der Waals surface area contributed by atoms with Crippen molar-refractivity contribution in [2.45, 2.75) is 43.0 Å². The van der Waals surface area contributed by atoms with Crippen LogP contribution in [0.5, 0.6) is 0 Å². The molecule has 0 spiro atoms. The number of halogens is 2. The predicted octanol–water partition coefficient (Wildman–Crippen LogP) is 3.92. The van der Waals surface area contributed by atoms with Gasteiger partial charge in [0.25, 0.3) is 0 Å². The average Bonchev–Trinajstić information content (AvgIpc) is 2.68. The van der Waals surface area contributed by atoms with Gasteiger partial charge in [0.05, 0.1) is 23.0 Å². The van der Waals surface area contributed by atoms with E-state index >= 15 is 0 Å². The Morgan fingerprint density at radius 3 is 2.46 bits per heavy atom. The van der Waals surface area contributed by atoms with Gasteiger partial charge < -0.3 is 4.90 Å². The highest BCUT2D eigenvalue weighted by Gasteiger charge is 2.37. The number of amides is 1. The van der Waals surface area contributed by atoms with Crippen molar-refractivity contribution in [3.8, 4) is 0 Å². The highest BCUT2D eigenvalue weighted by Crippen LogP contribution is 2.33. The summed E-state index contributed by atoms with van der Waals surface area (Å²) in [6.07, 6.45) is 2.91. The molecule has 1 aromatic rings. The van der Waals surface area contributed by atoms with Crippen LogP contribution in [0.1, 0.15) is 26.2 Å². The van der Waals surface area contributed by atoms with Gasteiger partial charge in [0, 0.05) is 18.9 Å². The van der Waals surface area contributed by atoms with Gasteiger partial charge in [0.1, 0.15) is 0 Å². The minimum atomic E-state index is -0.145. The number of nitrogens with zero attached hydrogens (tertiary/aromatic N) is 2. The highest BCUT2D eigenvalue weighted by molar-refractivity contribution is 6.30. The SMILES string of the molecule is CC(=O)N(OCC1CCCC(Cl)C(Cl)C1N(C)C)c1ccccc1. The van der Waals surface area contributed by atoms with E-state index in [1.807, 2.05) is 44.4 Å². The van der Waals surface area contributed by atoms with E-state index in [-0.39, 0.29) is 28.6 Å². The Morgan fingerprint density at radius 1 is 1.21 bits per heavy atom. The number of anilines is 1. The van der Waals surface area contributed by atoms with Crippen LogP contribution in [0, 0.1) is 5.92 Å². The maximum Gasteiger partial charge on any atom is 0.247 e. The summed E-state index contributed by atoms with van der Waals surface area (Å²) in [6, 6.07) is 9.51. The van der Waals surface area contributed by atoms with Crippen LogP contribution in [-0.4, -0.2) is 48.3 Å². The van der Waals surface area contributed by atoms with Crippen LogP contribution >= 0.6 is 23.2 Å². The molecule has 1 fully saturated rings. The van der Waals surface area contributed by atoms with Crippen molar-refractivity contribution in [3.63, 3.8) is 0 Å². The lowest BCUT2D eigenvalue weighted by Gasteiger charge is -2.35. The molecule has 1 saturated carbocycles. The summed E-state index contributed by atoms with van der Waals surface area (Å²) < 4.78 is 0. The fourth-order valence-electron chi connectivity index (χ4n) is 3.35. The van der Waals surface area contributed by atoms with Crippen molar-refractivity contribution in [1.82, 2.24) is 4.90 Å². The van der Waals surface area contributed by atoms with Crippen LogP contribution in [0.4, 0.5) is 5.69 Å². The molecule has 0 aromatic heterocycles. The number of para-hydroxylation sites is 1. The molecule has 2 rings (SSSR count). The third-order valence-corrected chi connectivity index (χ3v) is 5.68. The standard InChI is InChI=1S/C18H26Cl2N2O2/c1-13(23)22(15-9-5-4-6-10-15)24-12-14-8-7-11-16(19)17(20)18(14)21(2)3/h4-6,9-10,14,16-18H,7-8,11-12H2,1-3H3. The van der Waals surface area contributed by atoms with Crippen LogP contribution in [0.25, 0.3) is 0 Å². The zero-order chi connectivity index (χ0) is 17.7. The quantitative estimate of drug-likeness (QED) is 0.446. The lowest BCUT2D eigenvalue weighted by atomic mass is 9.94. The molecule has 0 heterocycles. The van der Waals surface area contributed by atoms with E-state index in [1.165, 1.54) is 12.0 Å². The van der Waals surface area contributed by atoms with Gasteiger partial charge in [-0.15, -0.1) is 23.2 Å². The molecular weight excluding hydrogens is 347 g/mol. The molecule has 1 amide bonds. The zero-order valence-corrected chi connectivity index (χ0v) is 16.0. The molecule has 1 aliphatic carbocycles. The number of alkyl halides is 2. The third-order valence-electron chi connectivity index (χ3n) is 4.50. The Balaban J connectivity index is 2.10. The monoisotopic (exact) mass is 372 g/mol. The van der Waals surface area contributed by atoms with Gasteiger partial charge >= 0.3 is 0 Å². The third kappa shape index (κ3) is 4.85. The number of hydrogen-bond donors (Lipinski definition) is 0. The molecule has 24 heavy (non-hydrogen) atoms. The fraction of sp³-hybridized carbons (Fsp3) is 0.611. The van der Waals surface area contributed by atoms with Gasteiger partial charge in [-0.2, -0.15) is 5.06 Å². The minimum Gasteiger partial charge on any atom is -0.305 e. The minimum absolute atomic E-state index is 0.0397. The van der Waals surface area contributed by atoms with Gasteiger partial charge in [-0.05, 0) is 39.1 Å². The molecule has 4 atom stereocenters. The summed E-state index contributed by atoms with van der Waals surface area (Å²) in [5.41, 5.74) is 0.734. The molecule has 1 aliphatic rings. The molecule has 4 nitrogen and oxygen atoms in total. The molecule has 0 radical (unpaired) electrons. The van der Waals surface area contributed by atoms with Crippen molar-refractivity contribution in [2.24, 2.45) is 5.92 Å². The maximum atomic E-state index is 12.0. The van der Waals surface area contributed by atoms with Crippen molar-refractivity contribution in [2.75, 3.05) is 25.8 Å². The van der Waals surface area contributed by atoms with Crippen LogP contribution in [0.2, 0.25) is 0 Å². The first kappa shape index (κ1) is 19.5. The normalized spacial score (nSPS) is 27.8. The fourth-order valence-corrected chi connectivity index (χ4v) is 4.21. The highest BCUT2D eigenvalue weighted by atomic mass is 35.5. The first-order valence-corrected chi connectivity index (χ1v) is 9.22. The molecule has 134 valence electrons. The number of carbonyl (C=O) groups is 1. The van der Waals surface area contributed by atoms with E-state index in [9.17, 15) is 4.79 Å². The first-order chi connectivity index (χ1) is 11.4. The molecule has 0 saturated heterocycles. The van der Waals surface area contributed by atoms with Crippen LogP contribution in [0.3, 0.4) is 0 Å². The molecule has 4 unspecified atom stereocenters. The Morgan fingerprint density at radius 2 is 1.88 bits per heavy atom. The lowest BCUT2D eigenvalue weighted by Crippen LogP contribution is -2.47. The van der Waals surface area contributed by atoms with E-state index in [0.717, 1.165) is 24.9 Å². The second-order valence-corrected chi connectivity index (χ2v) is 7.61. The Labute approximate surface area is 154 Å².